The third-order valence-electron chi connectivity index (χ3n) is 4.87. The van der Waals surface area contributed by atoms with Crippen molar-refractivity contribution >= 4 is 46.0 Å². The summed E-state index contributed by atoms with van der Waals surface area (Å²) >= 11 is 8.08. The smallest absolute Gasteiger partial charge is 0.224 e. The Morgan fingerprint density at radius 1 is 1.26 bits per heavy atom. The normalized spacial score (nSPS) is 12.8. The number of carbonyl (C=O) groups is 1. The lowest BCUT2D eigenvalue weighted by Crippen LogP contribution is -2.25. The van der Waals surface area contributed by atoms with Crippen molar-refractivity contribution in [2.24, 2.45) is 0 Å². The first-order chi connectivity index (χ1) is 15.1. The molecule has 162 valence electrons. The van der Waals surface area contributed by atoms with Crippen LogP contribution in [0, 0.1) is 0 Å². The number of anilines is 1. The molecule has 3 aromatic rings. The maximum Gasteiger partial charge on any atom is 0.224 e. The summed E-state index contributed by atoms with van der Waals surface area (Å²) in [6.07, 6.45) is 0.840. The fraction of sp³-hybridized carbons (Fsp3) is 0.333. The molecule has 2 heterocycles. The van der Waals surface area contributed by atoms with Gasteiger partial charge >= 0.3 is 0 Å². The zero-order valence-corrected chi connectivity index (χ0v) is 18.3. The van der Waals surface area contributed by atoms with Gasteiger partial charge in [0.1, 0.15) is 0 Å². The molecule has 1 aliphatic rings. The number of thioether (sulfide) groups is 1. The van der Waals surface area contributed by atoms with Crippen LogP contribution in [-0.2, 0) is 22.7 Å². The highest BCUT2D eigenvalue weighted by Gasteiger charge is 2.21. The third kappa shape index (κ3) is 4.90. The van der Waals surface area contributed by atoms with Gasteiger partial charge in [-0.25, -0.2) is 4.98 Å². The molecule has 0 spiro atoms. The Hall–Kier alpha value is -2.46. The molecular formula is C21H22ClN5O3S. The van der Waals surface area contributed by atoms with Crippen molar-refractivity contribution in [2.45, 2.75) is 31.2 Å². The van der Waals surface area contributed by atoms with E-state index >= 15 is 0 Å². The molecule has 0 saturated heterocycles. The van der Waals surface area contributed by atoms with Crippen molar-refractivity contribution < 1.29 is 14.6 Å². The number of nitrogen functional groups attached to an aromatic ring is 1. The molecule has 0 unspecified atom stereocenters. The van der Waals surface area contributed by atoms with Gasteiger partial charge in [0.2, 0.25) is 11.9 Å². The van der Waals surface area contributed by atoms with Crippen LogP contribution in [0.3, 0.4) is 0 Å². The molecule has 0 fully saturated rings. The zero-order valence-electron chi connectivity index (χ0n) is 16.7. The lowest BCUT2D eigenvalue weighted by molar-refractivity contribution is -0.121. The third-order valence-corrected chi connectivity index (χ3v) is 6.10. The van der Waals surface area contributed by atoms with Crippen LogP contribution in [0.25, 0.3) is 22.2 Å². The molecule has 0 bridgehead atoms. The van der Waals surface area contributed by atoms with Crippen molar-refractivity contribution in [1.29, 1.82) is 0 Å². The van der Waals surface area contributed by atoms with E-state index in [0.29, 0.717) is 41.5 Å². The van der Waals surface area contributed by atoms with E-state index in [1.54, 1.807) is 0 Å². The van der Waals surface area contributed by atoms with Gasteiger partial charge in [0.15, 0.2) is 11.0 Å². The van der Waals surface area contributed by atoms with Crippen LogP contribution >= 0.6 is 23.4 Å². The van der Waals surface area contributed by atoms with Gasteiger partial charge in [-0.05, 0) is 34.4 Å². The minimum Gasteiger partial charge on any atom is -0.396 e. The average Bonchev–Trinajstić information content (AvgIpc) is 2.73. The molecule has 10 heteroatoms. The van der Waals surface area contributed by atoms with E-state index in [2.05, 4.69) is 20.3 Å². The number of aliphatic hydroxyl groups is 1. The summed E-state index contributed by atoms with van der Waals surface area (Å²) in [4.78, 5) is 24.6. The molecule has 0 atom stereocenters. The van der Waals surface area contributed by atoms with E-state index in [9.17, 15) is 4.79 Å². The van der Waals surface area contributed by atoms with Crippen LogP contribution in [0.2, 0.25) is 5.02 Å². The highest BCUT2D eigenvalue weighted by molar-refractivity contribution is 7.99. The fourth-order valence-electron chi connectivity index (χ4n) is 3.55. The van der Waals surface area contributed by atoms with Crippen molar-refractivity contribution in [3.05, 3.63) is 40.4 Å². The predicted molar refractivity (Wildman–Crippen MR) is 121 cm³/mol. The number of nitrogens with two attached hydrogens (primary N) is 1. The van der Waals surface area contributed by atoms with E-state index in [-0.39, 0.29) is 24.9 Å². The summed E-state index contributed by atoms with van der Waals surface area (Å²) in [7, 11) is 0. The second-order valence-electron chi connectivity index (χ2n) is 7.05. The Morgan fingerprint density at radius 2 is 2.10 bits per heavy atom. The number of aromatic nitrogens is 3. The second-order valence-corrected chi connectivity index (χ2v) is 8.52. The van der Waals surface area contributed by atoms with Gasteiger partial charge in [-0.15, -0.1) is 0 Å². The van der Waals surface area contributed by atoms with Crippen molar-refractivity contribution in [1.82, 2.24) is 20.3 Å². The Bertz CT molecular complexity index is 1130. The number of aliphatic hydroxyl groups excluding tert-OH is 1. The minimum absolute atomic E-state index is 0.113. The summed E-state index contributed by atoms with van der Waals surface area (Å²) in [5, 5.41) is 14.6. The molecule has 4 N–H and O–H groups in total. The van der Waals surface area contributed by atoms with Gasteiger partial charge in [-0.2, -0.15) is 9.97 Å². The molecular weight excluding hydrogens is 438 g/mol. The Balaban J connectivity index is 1.57. The zero-order chi connectivity index (χ0) is 21.8. The first-order valence-corrected chi connectivity index (χ1v) is 11.3. The molecule has 1 aromatic heterocycles. The van der Waals surface area contributed by atoms with Crippen LogP contribution in [-0.4, -0.2) is 44.9 Å². The van der Waals surface area contributed by atoms with E-state index < -0.39 is 0 Å². The molecule has 2 aromatic carbocycles. The number of rotatable bonds is 8. The molecule has 1 amide bonds. The predicted octanol–water partition coefficient (Wildman–Crippen LogP) is 2.94. The Kier molecular flexibility index (Phi) is 6.86. The number of nitrogens with zero attached hydrogens (tertiary/aromatic N) is 3. The molecule has 31 heavy (non-hydrogen) atoms. The SMILES string of the molecule is Nc1nc(SCCCNC(=O)CCO)nc(-c2c(Cl)cc3c4c(cccc24)COC3)n1. The van der Waals surface area contributed by atoms with Crippen molar-refractivity contribution in [3.8, 4) is 11.4 Å². The average molecular weight is 460 g/mol. The van der Waals surface area contributed by atoms with Gasteiger partial charge in [-0.1, -0.05) is 41.6 Å². The summed E-state index contributed by atoms with van der Waals surface area (Å²) < 4.78 is 5.66. The number of nitrogens with one attached hydrogen (secondary N) is 1. The quantitative estimate of drug-likeness (QED) is 0.347. The molecule has 0 saturated carbocycles. The first kappa shape index (κ1) is 21.8. The number of carbonyl (C=O) groups excluding carboxylic acids is 1. The van der Waals surface area contributed by atoms with Crippen LogP contribution in [0.15, 0.2) is 29.4 Å². The van der Waals surface area contributed by atoms with Crippen LogP contribution in [0.4, 0.5) is 5.95 Å². The van der Waals surface area contributed by atoms with Gasteiger partial charge in [0, 0.05) is 24.3 Å². The summed E-state index contributed by atoms with van der Waals surface area (Å²) in [6, 6.07) is 7.94. The van der Waals surface area contributed by atoms with Gasteiger partial charge in [-0.3, -0.25) is 4.79 Å². The van der Waals surface area contributed by atoms with E-state index in [0.717, 1.165) is 33.9 Å². The molecule has 1 aliphatic heterocycles. The molecule has 4 rings (SSSR count). The summed E-state index contributed by atoms with van der Waals surface area (Å²) in [6.45, 7) is 1.44. The second kappa shape index (κ2) is 9.78. The lowest BCUT2D eigenvalue weighted by atomic mass is 9.94. The maximum absolute atomic E-state index is 11.4. The summed E-state index contributed by atoms with van der Waals surface area (Å²) in [5.41, 5.74) is 8.86. The van der Waals surface area contributed by atoms with Crippen molar-refractivity contribution in [2.75, 3.05) is 24.6 Å². The topological polar surface area (TPSA) is 123 Å². The number of amides is 1. The fourth-order valence-corrected chi connectivity index (χ4v) is 4.65. The number of hydrogen-bond acceptors (Lipinski definition) is 8. The van der Waals surface area contributed by atoms with Gasteiger partial charge in [0.25, 0.3) is 0 Å². The number of benzene rings is 2. The Morgan fingerprint density at radius 3 is 2.94 bits per heavy atom. The highest BCUT2D eigenvalue weighted by Crippen LogP contribution is 2.39. The maximum atomic E-state index is 11.4. The molecule has 8 nitrogen and oxygen atoms in total. The number of halogens is 1. The number of hydrogen-bond donors (Lipinski definition) is 3. The van der Waals surface area contributed by atoms with Gasteiger partial charge < -0.3 is 20.9 Å². The van der Waals surface area contributed by atoms with E-state index in [1.807, 2.05) is 24.3 Å². The van der Waals surface area contributed by atoms with Crippen LogP contribution in [0.5, 0.6) is 0 Å². The Labute approximate surface area is 188 Å². The molecule has 0 radical (unpaired) electrons. The van der Waals surface area contributed by atoms with E-state index in [1.165, 1.54) is 11.8 Å². The lowest BCUT2D eigenvalue weighted by Gasteiger charge is -2.20. The first-order valence-electron chi connectivity index (χ1n) is 9.90. The number of ether oxygens (including phenoxy) is 1. The monoisotopic (exact) mass is 459 g/mol. The minimum atomic E-state index is -0.165. The van der Waals surface area contributed by atoms with Crippen molar-refractivity contribution in [3.63, 3.8) is 0 Å². The highest BCUT2D eigenvalue weighted by atomic mass is 35.5. The van der Waals surface area contributed by atoms with Crippen LogP contribution < -0.4 is 11.1 Å². The van der Waals surface area contributed by atoms with E-state index in [4.69, 9.17) is 27.2 Å². The largest absolute Gasteiger partial charge is 0.396 e. The molecule has 0 aliphatic carbocycles. The van der Waals surface area contributed by atoms with Crippen LogP contribution in [0.1, 0.15) is 24.0 Å². The standard InChI is InChI=1S/C21H22ClN5O3S/c22-15-9-13-11-30-10-12-3-1-4-14(17(12)13)18(15)19-25-20(23)27-21(26-19)31-8-2-6-24-16(29)5-7-28/h1,3-4,9,28H,2,5-8,10-11H2,(H,24,29)(H2,23,25,26,27). The van der Waals surface area contributed by atoms with Gasteiger partial charge in [0.05, 0.1) is 24.8 Å². The summed E-state index contributed by atoms with van der Waals surface area (Å²) in [5.74, 6) is 1.09.